The topological polar surface area (TPSA) is 86.0 Å². The van der Waals surface area contributed by atoms with Crippen molar-refractivity contribution in [1.29, 1.82) is 0 Å². The molecule has 19 heavy (non-hydrogen) atoms. The fourth-order valence-corrected chi connectivity index (χ4v) is 2.23. The van der Waals surface area contributed by atoms with E-state index in [1.165, 1.54) is 0 Å². The molecule has 1 fully saturated rings. The number of hydrogen-bond acceptors (Lipinski definition) is 7. The van der Waals surface area contributed by atoms with Crippen molar-refractivity contribution >= 4 is 0 Å². The molecule has 0 radical (unpaired) electrons. The van der Waals surface area contributed by atoms with E-state index in [1.807, 2.05) is 0 Å². The number of aromatic nitrogens is 4. The van der Waals surface area contributed by atoms with Gasteiger partial charge in [-0.25, -0.2) is 0 Å². The Hall–Kier alpha value is -2.02. The maximum Gasteiger partial charge on any atom is 0.233 e. The Bertz CT molecular complexity index is 554. The Kier molecular flexibility index (Phi) is 3.12. The van der Waals surface area contributed by atoms with Gasteiger partial charge in [0.1, 0.15) is 5.69 Å². The summed E-state index contributed by atoms with van der Waals surface area (Å²) >= 11 is 0. The Morgan fingerprint density at radius 3 is 2.89 bits per heavy atom. The zero-order chi connectivity index (χ0) is 13.2. The van der Waals surface area contributed by atoms with E-state index in [4.69, 9.17) is 9.26 Å². The van der Waals surface area contributed by atoms with Gasteiger partial charge in [-0.15, -0.1) is 10.2 Å². The standard InChI is InChI=1S/C12H15N5O2/c1-7-8(5-6-13-7)12-14-11(17-19-12)9-3-4-10(18-2)16-15-9/h3-4,7-8,13H,5-6H2,1-2H3. The molecule has 7 heteroatoms. The predicted molar refractivity (Wildman–Crippen MR) is 66.7 cm³/mol. The zero-order valence-electron chi connectivity index (χ0n) is 10.8. The first-order chi connectivity index (χ1) is 9.28. The summed E-state index contributed by atoms with van der Waals surface area (Å²) in [6.45, 7) is 3.10. The molecule has 0 bridgehead atoms. The molecule has 1 aliphatic heterocycles. The van der Waals surface area contributed by atoms with Crippen LogP contribution in [-0.2, 0) is 0 Å². The van der Waals surface area contributed by atoms with E-state index in [0.29, 0.717) is 29.3 Å². The summed E-state index contributed by atoms with van der Waals surface area (Å²) in [5, 5.41) is 15.2. The highest BCUT2D eigenvalue weighted by Crippen LogP contribution is 2.27. The van der Waals surface area contributed by atoms with Gasteiger partial charge < -0.3 is 14.6 Å². The first-order valence-electron chi connectivity index (χ1n) is 6.23. The normalized spacial score (nSPS) is 22.6. The van der Waals surface area contributed by atoms with E-state index < -0.39 is 0 Å². The molecule has 1 saturated heterocycles. The molecule has 0 aliphatic carbocycles. The van der Waals surface area contributed by atoms with Gasteiger partial charge in [-0.2, -0.15) is 4.98 Å². The monoisotopic (exact) mass is 261 g/mol. The van der Waals surface area contributed by atoms with E-state index >= 15 is 0 Å². The van der Waals surface area contributed by atoms with Crippen molar-refractivity contribution in [3.63, 3.8) is 0 Å². The molecular weight excluding hydrogens is 246 g/mol. The highest BCUT2D eigenvalue weighted by molar-refractivity contribution is 5.47. The van der Waals surface area contributed by atoms with Gasteiger partial charge in [0, 0.05) is 12.1 Å². The Labute approximate surface area is 110 Å². The second kappa shape index (κ2) is 4.93. The average Bonchev–Trinajstić information content (AvgIpc) is 3.07. The summed E-state index contributed by atoms with van der Waals surface area (Å²) in [4.78, 5) is 4.41. The van der Waals surface area contributed by atoms with E-state index in [0.717, 1.165) is 13.0 Å². The van der Waals surface area contributed by atoms with Crippen LogP contribution in [0.4, 0.5) is 0 Å². The fourth-order valence-electron chi connectivity index (χ4n) is 2.23. The lowest BCUT2D eigenvalue weighted by Gasteiger charge is -2.08. The number of nitrogens with zero attached hydrogens (tertiary/aromatic N) is 4. The van der Waals surface area contributed by atoms with Crippen LogP contribution in [0.2, 0.25) is 0 Å². The quantitative estimate of drug-likeness (QED) is 0.882. The van der Waals surface area contributed by atoms with Crippen molar-refractivity contribution in [2.45, 2.75) is 25.3 Å². The van der Waals surface area contributed by atoms with Gasteiger partial charge >= 0.3 is 0 Å². The first kappa shape index (κ1) is 12.0. The summed E-state index contributed by atoms with van der Waals surface area (Å²) in [5.41, 5.74) is 0.578. The van der Waals surface area contributed by atoms with Crippen molar-refractivity contribution < 1.29 is 9.26 Å². The molecule has 1 N–H and O–H groups in total. The molecule has 1 aliphatic rings. The Morgan fingerprint density at radius 1 is 1.37 bits per heavy atom. The second-order valence-electron chi connectivity index (χ2n) is 4.56. The van der Waals surface area contributed by atoms with Crippen LogP contribution in [0, 0.1) is 0 Å². The predicted octanol–water partition coefficient (Wildman–Crippen LogP) is 1.00. The van der Waals surface area contributed by atoms with Crippen LogP contribution in [-0.4, -0.2) is 40.0 Å². The number of ether oxygens (including phenoxy) is 1. The molecule has 3 heterocycles. The minimum atomic E-state index is 0.271. The van der Waals surface area contributed by atoms with Gasteiger partial charge in [0.2, 0.25) is 17.6 Å². The van der Waals surface area contributed by atoms with Crippen LogP contribution in [0.1, 0.15) is 25.2 Å². The molecule has 2 aromatic rings. The molecule has 100 valence electrons. The molecule has 3 rings (SSSR count). The van der Waals surface area contributed by atoms with Gasteiger partial charge in [-0.3, -0.25) is 0 Å². The Balaban J connectivity index is 1.83. The minimum absolute atomic E-state index is 0.271. The lowest BCUT2D eigenvalue weighted by atomic mass is 10.0. The molecular formula is C12H15N5O2. The smallest absolute Gasteiger partial charge is 0.233 e. The fraction of sp³-hybridized carbons (Fsp3) is 0.500. The molecule has 0 aromatic carbocycles. The zero-order valence-corrected chi connectivity index (χ0v) is 10.8. The van der Waals surface area contributed by atoms with Gasteiger partial charge in [0.15, 0.2) is 0 Å². The van der Waals surface area contributed by atoms with Crippen molar-refractivity contribution in [3.8, 4) is 17.4 Å². The lowest BCUT2D eigenvalue weighted by Crippen LogP contribution is -2.21. The Morgan fingerprint density at radius 2 is 2.26 bits per heavy atom. The minimum Gasteiger partial charge on any atom is -0.480 e. The van der Waals surface area contributed by atoms with E-state index in [2.05, 4.69) is 32.6 Å². The van der Waals surface area contributed by atoms with Crippen molar-refractivity contribution in [2.24, 2.45) is 0 Å². The van der Waals surface area contributed by atoms with Crippen LogP contribution in [0.15, 0.2) is 16.7 Å². The highest BCUT2D eigenvalue weighted by atomic mass is 16.5. The summed E-state index contributed by atoms with van der Waals surface area (Å²) in [7, 11) is 1.55. The largest absolute Gasteiger partial charge is 0.480 e. The number of methoxy groups -OCH3 is 1. The summed E-state index contributed by atoms with van der Waals surface area (Å²) in [6.07, 6.45) is 1.01. The summed E-state index contributed by atoms with van der Waals surface area (Å²) in [5.74, 6) is 1.85. The van der Waals surface area contributed by atoms with Gasteiger partial charge in [0.25, 0.3) is 0 Å². The SMILES string of the molecule is COc1ccc(-c2noc(C3CCNC3C)n2)nn1. The van der Waals surface area contributed by atoms with E-state index in [9.17, 15) is 0 Å². The van der Waals surface area contributed by atoms with Crippen LogP contribution in [0.5, 0.6) is 5.88 Å². The van der Waals surface area contributed by atoms with Gasteiger partial charge in [-0.1, -0.05) is 5.16 Å². The van der Waals surface area contributed by atoms with E-state index in [-0.39, 0.29) is 5.92 Å². The maximum absolute atomic E-state index is 5.33. The maximum atomic E-state index is 5.33. The molecule has 2 atom stereocenters. The third-order valence-corrected chi connectivity index (χ3v) is 3.36. The van der Waals surface area contributed by atoms with Crippen LogP contribution >= 0.6 is 0 Å². The molecule has 0 saturated carbocycles. The molecule has 2 aromatic heterocycles. The van der Waals surface area contributed by atoms with Gasteiger partial charge in [-0.05, 0) is 26.0 Å². The van der Waals surface area contributed by atoms with Gasteiger partial charge in [0.05, 0.1) is 13.0 Å². The third-order valence-electron chi connectivity index (χ3n) is 3.36. The van der Waals surface area contributed by atoms with Crippen molar-refractivity contribution in [1.82, 2.24) is 25.7 Å². The van der Waals surface area contributed by atoms with Crippen LogP contribution < -0.4 is 10.1 Å². The summed E-state index contributed by atoms with van der Waals surface area (Å²) in [6, 6.07) is 3.84. The molecule has 0 amide bonds. The number of nitrogens with one attached hydrogen (secondary N) is 1. The average molecular weight is 261 g/mol. The third kappa shape index (κ3) is 2.28. The van der Waals surface area contributed by atoms with Crippen molar-refractivity contribution in [2.75, 3.05) is 13.7 Å². The number of rotatable bonds is 3. The molecule has 7 nitrogen and oxygen atoms in total. The first-order valence-corrected chi connectivity index (χ1v) is 6.23. The van der Waals surface area contributed by atoms with Crippen LogP contribution in [0.3, 0.4) is 0 Å². The summed E-state index contributed by atoms with van der Waals surface area (Å²) < 4.78 is 10.3. The van der Waals surface area contributed by atoms with Crippen molar-refractivity contribution in [3.05, 3.63) is 18.0 Å². The highest BCUT2D eigenvalue weighted by Gasteiger charge is 2.29. The molecule has 0 spiro atoms. The van der Waals surface area contributed by atoms with Crippen LogP contribution in [0.25, 0.3) is 11.5 Å². The number of hydrogen-bond donors (Lipinski definition) is 1. The van der Waals surface area contributed by atoms with E-state index in [1.54, 1.807) is 19.2 Å². The lowest BCUT2D eigenvalue weighted by molar-refractivity contribution is 0.345. The molecule has 2 unspecified atom stereocenters. The second-order valence-corrected chi connectivity index (χ2v) is 4.56.